The molecule has 15 heteroatoms. The maximum atomic E-state index is 14.2. The highest BCUT2D eigenvalue weighted by Gasteiger charge is 2.47. The molecule has 5 rings (SSSR count). The predicted octanol–water partition coefficient (Wildman–Crippen LogP) is 4.25. The number of rotatable bonds is 8. The number of nitrogens with zero attached hydrogens (tertiary/aromatic N) is 2. The first-order valence-electron chi connectivity index (χ1n) is 14.3. The number of anilines is 3. The van der Waals surface area contributed by atoms with Gasteiger partial charge in [0, 0.05) is 47.5 Å². The predicted molar refractivity (Wildman–Crippen MR) is 172 cm³/mol. The molecule has 4 N–H and O–H groups in total. The molecule has 3 aromatic carbocycles. The van der Waals surface area contributed by atoms with Crippen molar-refractivity contribution in [2.75, 3.05) is 41.3 Å². The number of amides is 4. The second kappa shape index (κ2) is 12.9. The van der Waals surface area contributed by atoms with E-state index in [0.717, 1.165) is 11.2 Å². The van der Waals surface area contributed by atoms with Gasteiger partial charge in [-0.15, -0.1) is 0 Å². The molecule has 0 aliphatic carbocycles. The van der Waals surface area contributed by atoms with Crippen LogP contribution in [0.15, 0.2) is 66.7 Å². The van der Waals surface area contributed by atoms with E-state index < -0.39 is 45.7 Å². The van der Waals surface area contributed by atoms with E-state index in [1.807, 2.05) is 0 Å². The molecule has 2 atom stereocenters. The van der Waals surface area contributed by atoms with Crippen LogP contribution in [-0.2, 0) is 31.6 Å². The van der Waals surface area contributed by atoms with Gasteiger partial charge in [0.2, 0.25) is 15.9 Å². The molecule has 1 fully saturated rings. The largest absolute Gasteiger partial charge is 0.465 e. The van der Waals surface area contributed by atoms with E-state index in [-0.39, 0.29) is 18.5 Å². The molecule has 0 bridgehead atoms. The van der Waals surface area contributed by atoms with E-state index in [4.69, 9.17) is 16.3 Å². The first kappa shape index (κ1) is 32.6. The van der Waals surface area contributed by atoms with Crippen LogP contribution in [0.25, 0.3) is 0 Å². The number of carboxylic acid groups (broad SMARTS) is 1. The van der Waals surface area contributed by atoms with Gasteiger partial charge in [0.05, 0.1) is 18.5 Å². The lowest BCUT2D eigenvalue weighted by Crippen LogP contribution is -2.57. The van der Waals surface area contributed by atoms with Gasteiger partial charge >= 0.3 is 12.2 Å². The zero-order valence-electron chi connectivity index (χ0n) is 24.9. The molecule has 0 saturated carbocycles. The van der Waals surface area contributed by atoms with Gasteiger partial charge in [0.1, 0.15) is 6.04 Å². The smallest absolute Gasteiger partial charge is 0.412 e. The summed E-state index contributed by atoms with van der Waals surface area (Å²) in [6, 6.07) is 16.3. The molecule has 13 nitrogen and oxygen atoms in total. The van der Waals surface area contributed by atoms with Crippen LogP contribution in [0, 0.1) is 0 Å². The molecule has 46 heavy (non-hydrogen) atoms. The fourth-order valence-corrected chi connectivity index (χ4v) is 6.39. The summed E-state index contributed by atoms with van der Waals surface area (Å²) in [4.78, 5) is 54.0. The fraction of sp³-hybridized carbons (Fsp3) is 0.290. The molecule has 1 saturated heterocycles. The Morgan fingerprint density at radius 3 is 2.46 bits per heavy atom. The number of halogens is 1. The number of benzene rings is 3. The molecular formula is C31H32ClN5O8S. The monoisotopic (exact) mass is 669 g/mol. The summed E-state index contributed by atoms with van der Waals surface area (Å²) in [5.41, 5.74) is 1.60. The van der Waals surface area contributed by atoms with Crippen molar-refractivity contribution in [3.8, 4) is 0 Å². The van der Waals surface area contributed by atoms with Crippen LogP contribution in [0.3, 0.4) is 0 Å². The number of likely N-dealkylation sites (tertiary alicyclic amines) is 1. The Bertz CT molecular complexity index is 1790. The fourth-order valence-electron chi connectivity index (χ4n) is 5.65. The van der Waals surface area contributed by atoms with E-state index in [1.54, 1.807) is 47.4 Å². The van der Waals surface area contributed by atoms with Gasteiger partial charge in [-0.1, -0.05) is 23.7 Å². The molecule has 3 aromatic rings. The minimum Gasteiger partial charge on any atom is -0.465 e. The first-order valence-corrected chi connectivity index (χ1v) is 16.5. The Morgan fingerprint density at radius 1 is 1.11 bits per heavy atom. The average molecular weight is 670 g/mol. The van der Waals surface area contributed by atoms with Crippen molar-refractivity contribution in [2.45, 2.75) is 30.9 Å². The Morgan fingerprint density at radius 2 is 1.80 bits per heavy atom. The van der Waals surface area contributed by atoms with Crippen LogP contribution >= 0.6 is 11.6 Å². The number of ether oxygens (including phenoxy) is 1. The third-order valence-electron chi connectivity index (χ3n) is 7.87. The van der Waals surface area contributed by atoms with Crippen LogP contribution in [0.1, 0.15) is 34.3 Å². The van der Waals surface area contributed by atoms with Crippen LogP contribution in [0.2, 0.25) is 5.02 Å². The lowest BCUT2D eigenvalue weighted by molar-refractivity contribution is -0.141. The molecule has 242 valence electrons. The van der Waals surface area contributed by atoms with Crippen LogP contribution in [-0.4, -0.2) is 74.9 Å². The Balaban J connectivity index is 1.42. The minimum absolute atomic E-state index is 0.0341. The number of sulfonamides is 1. The maximum Gasteiger partial charge on any atom is 0.412 e. The van der Waals surface area contributed by atoms with Gasteiger partial charge in [0.15, 0.2) is 5.60 Å². The average Bonchev–Trinajstić information content (AvgIpc) is 3.00. The number of hydrogen-bond donors (Lipinski definition) is 4. The molecule has 0 aromatic heterocycles. The minimum atomic E-state index is -3.49. The quantitative estimate of drug-likeness (QED) is 0.275. The maximum absolute atomic E-state index is 14.2. The molecule has 0 unspecified atom stereocenters. The summed E-state index contributed by atoms with van der Waals surface area (Å²) in [5, 5.41) is 15.2. The van der Waals surface area contributed by atoms with Crippen molar-refractivity contribution in [1.29, 1.82) is 0 Å². The van der Waals surface area contributed by atoms with Gasteiger partial charge < -0.3 is 20.1 Å². The number of hydrogen-bond acceptors (Lipinski definition) is 7. The zero-order valence-corrected chi connectivity index (χ0v) is 26.5. The van der Waals surface area contributed by atoms with Gasteiger partial charge in [-0.05, 0) is 73.0 Å². The topological polar surface area (TPSA) is 174 Å². The van der Waals surface area contributed by atoms with E-state index in [0.29, 0.717) is 52.6 Å². The molecule has 0 radical (unpaired) electrons. The Kier molecular flexibility index (Phi) is 9.13. The van der Waals surface area contributed by atoms with E-state index in [1.165, 1.54) is 31.3 Å². The third kappa shape index (κ3) is 7.35. The first-order chi connectivity index (χ1) is 21.7. The highest BCUT2D eigenvalue weighted by molar-refractivity contribution is 7.92. The second-order valence-electron chi connectivity index (χ2n) is 11.3. The lowest BCUT2D eigenvalue weighted by Gasteiger charge is -2.45. The second-order valence-corrected chi connectivity index (χ2v) is 13.4. The SMILES string of the molecule is CN(C(=O)O)c1ccc(C(=O)N[C@@H](Cc2ccc(NS(C)(=O)=O)cc2)C(=O)N2CCC[C@@]3(C2)OC(=O)Nc2ccc(Cl)cc23)cc1. The summed E-state index contributed by atoms with van der Waals surface area (Å²) in [6.07, 6.45) is 0.264. The summed E-state index contributed by atoms with van der Waals surface area (Å²) < 4.78 is 31.5. The summed E-state index contributed by atoms with van der Waals surface area (Å²) in [7, 11) is -2.12. The van der Waals surface area contributed by atoms with Gasteiger partial charge in [-0.3, -0.25) is 24.5 Å². The van der Waals surface area contributed by atoms with Gasteiger partial charge in [-0.2, -0.15) is 0 Å². The van der Waals surface area contributed by atoms with Crippen molar-refractivity contribution in [3.05, 3.63) is 88.4 Å². The number of fused-ring (bicyclic) bond motifs is 2. The summed E-state index contributed by atoms with van der Waals surface area (Å²) >= 11 is 6.29. The van der Waals surface area contributed by atoms with Crippen LogP contribution in [0.4, 0.5) is 26.7 Å². The van der Waals surface area contributed by atoms with E-state index in [2.05, 4.69) is 15.4 Å². The van der Waals surface area contributed by atoms with Crippen molar-refractivity contribution in [3.63, 3.8) is 0 Å². The summed E-state index contributed by atoms with van der Waals surface area (Å²) in [5.74, 6) is -0.971. The Labute approximate surface area is 270 Å². The summed E-state index contributed by atoms with van der Waals surface area (Å²) in [6.45, 7) is 0.383. The van der Waals surface area contributed by atoms with Crippen molar-refractivity contribution in [2.24, 2.45) is 0 Å². The third-order valence-corrected chi connectivity index (χ3v) is 8.71. The van der Waals surface area contributed by atoms with E-state index in [9.17, 15) is 32.7 Å². The molecule has 2 heterocycles. The van der Waals surface area contributed by atoms with Gasteiger partial charge in [-0.25, -0.2) is 18.0 Å². The molecule has 2 aliphatic heterocycles. The standard InChI is InChI=1S/C31H32ClN5O8S/c1-36(30(41)42)23-11-6-20(7-12-23)27(38)33-26(16-19-4-9-22(10-5-19)35-46(2,43)44)28(39)37-15-3-14-31(18-37)24-17-21(32)8-13-25(24)34-29(40)45-31/h4-13,17,26,35H,3,14-16,18H2,1-2H3,(H,33,38)(H,34,40)(H,41,42)/t26-,31-/m0/s1. The number of nitrogens with one attached hydrogen (secondary N) is 3. The van der Waals surface area contributed by atoms with Gasteiger partial charge in [0.25, 0.3) is 5.91 Å². The number of piperidine rings is 1. The molecule has 1 spiro atoms. The highest BCUT2D eigenvalue weighted by Crippen LogP contribution is 2.43. The van der Waals surface area contributed by atoms with Crippen molar-refractivity contribution >= 4 is 62.7 Å². The van der Waals surface area contributed by atoms with E-state index >= 15 is 0 Å². The normalized spacial score (nSPS) is 18.1. The Hall–Kier alpha value is -4.82. The van der Waals surface area contributed by atoms with Crippen LogP contribution < -0.4 is 20.3 Å². The van der Waals surface area contributed by atoms with Crippen LogP contribution in [0.5, 0.6) is 0 Å². The van der Waals surface area contributed by atoms with Crippen molar-refractivity contribution < 1.29 is 37.4 Å². The molecule has 4 amide bonds. The molecular weight excluding hydrogens is 638 g/mol. The van der Waals surface area contributed by atoms with Crippen molar-refractivity contribution in [1.82, 2.24) is 10.2 Å². The zero-order chi connectivity index (χ0) is 33.2. The lowest BCUT2D eigenvalue weighted by atomic mass is 9.83. The number of carbonyl (C=O) groups excluding carboxylic acids is 3. The number of carbonyl (C=O) groups is 4. The highest BCUT2D eigenvalue weighted by atomic mass is 35.5. The molecule has 2 aliphatic rings.